The highest BCUT2D eigenvalue weighted by atomic mass is 19.4. The number of imidazole rings is 1. The highest BCUT2D eigenvalue weighted by Crippen LogP contribution is 2.34. The van der Waals surface area contributed by atoms with Gasteiger partial charge in [0.25, 0.3) is 0 Å². The minimum atomic E-state index is -4.63. The predicted molar refractivity (Wildman–Crippen MR) is 108 cm³/mol. The molecular formula is C22H19F5N4O. The van der Waals surface area contributed by atoms with Crippen LogP contribution in [-0.4, -0.2) is 33.1 Å². The van der Waals surface area contributed by atoms with Crippen LogP contribution in [-0.2, 0) is 17.9 Å². The molecule has 1 aliphatic heterocycles. The van der Waals surface area contributed by atoms with Crippen LogP contribution in [0.15, 0.2) is 48.5 Å². The van der Waals surface area contributed by atoms with Crippen LogP contribution in [0.25, 0.3) is 11.3 Å². The molecule has 1 unspecified atom stereocenters. The molecule has 1 aliphatic rings. The number of aromatic nitrogens is 2. The quantitative estimate of drug-likeness (QED) is 0.562. The smallest absolute Gasteiger partial charge is 0.340 e. The van der Waals surface area contributed by atoms with E-state index in [0.717, 1.165) is 11.8 Å². The number of nitrogens with one attached hydrogen (secondary N) is 1. The van der Waals surface area contributed by atoms with Gasteiger partial charge in [0.05, 0.1) is 6.54 Å². The first-order valence-corrected chi connectivity index (χ1v) is 9.87. The van der Waals surface area contributed by atoms with E-state index in [1.54, 1.807) is 4.57 Å². The van der Waals surface area contributed by atoms with Crippen LogP contribution in [0.4, 0.5) is 33.5 Å². The zero-order valence-corrected chi connectivity index (χ0v) is 17.0. The Balaban J connectivity index is 1.70. The molecule has 0 aliphatic carbocycles. The van der Waals surface area contributed by atoms with Gasteiger partial charge in [-0.1, -0.05) is 0 Å². The van der Waals surface area contributed by atoms with E-state index < -0.39 is 29.6 Å². The summed E-state index contributed by atoms with van der Waals surface area (Å²) >= 11 is 0. The molecule has 1 aromatic heterocycles. The Bertz CT molecular complexity index is 1120. The summed E-state index contributed by atoms with van der Waals surface area (Å²) in [5.41, 5.74) is 1.60. The van der Waals surface area contributed by atoms with E-state index in [4.69, 9.17) is 0 Å². The number of hydrogen-bond donors (Lipinski definition) is 1. The molecule has 0 bridgehead atoms. The van der Waals surface area contributed by atoms with E-state index in [-0.39, 0.29) is 19.6 Å². The number of amides is 1. The van der Waals surface area contributed by atoms with Crippen molar-refractivity contribution in [3.05, 3.63) is 66.0 Å². The number of nitrogens with zero attached hydrogens (tertiary/aromatic N) is 3. The van der Waals surface area contributed by atoms with Crippen LogP contribution in [0.1, 0.15) is 12.7 Å². The largest absolute Gasteiger partial charge is 0.400 e. The molecule has 5 nitrogen and oxygen atoms in total. The van der Waals surface area contributed by atoms with E-state index in [1.165, 1.54) is 48.5 Å². The van der Waals surface area contributed by atoms with Crippen molar-refractivity contribution < 1.29 is 26.7 Å². The number of hydrogen-bond acceptors (Lipinski definition) is 3. The summed E-state index contributed by atoms with van der Waals surface area (Å²) in [7, 11) is 0. The number of anilines is 2. The van der Waals surface area contributed by atoms with Crippen molar-refractivity contribution >= 4 is 17.4 Å². The lowest BCUT2D eigenvalue weighted by Gasteiger charge is -2.31. The first kappa shape index (κ1) is 21.8. The summed E-state index contributed by atoms with van der Waals surface area (Å²) in [6.45, 7) is 1.03. The van der Waals surface area contributed by atoms with Gasteiger partial charge in [-0.05, 0) is 55.5 Å². The topological polar surface area (TPSA) is 50.2 Å². The van der Waals surface area contributed by atoms with E-state index in [2.05, 4.69) is 10.3 Å². The van der Waals surface area contributed by atoms with Crippen LogP contribution in [0.5, 0.6) is 0 Å². The minimum absolute atomic E-state index is 0.0730. The van der Waals surface area contributed by atoms with Gasteiger partial charge in [0.2, 0.25) is 5.91 Å². The van der Waals surface area contributed by atoms with Gasteiger partial charge >= 0.3 is 6.18 Å². The van der Waals surface area contributed by atoms with Crippen LogP contribution in [0, 0.1) is 17.6 Å². The second kappa shape index (κ2) is 8.25. The van der Waals surface area contributed by atoms with Gasteiger partial charge in [0, 0.05) is 24.3 Å². The molecule has 4 rings (SSSR count). The van der Waals surface area contributed by atoms with E-state index in [0.29, 0.717) is 28.6 Å². The van der Waals surface area contributed by atoms with Gasteiger partial charge in [0.1, 0.15) is 34.9 Å². The second-order valence-electron chi connectivity index (χ2n) is 7.54. The molecule has 32 heavy (non-hydrogen) atoms. The first-order valence-electron chi connectivity index (χ1n) is 9.87. The highest BCUT2D eigenvalue weighted by molar-refractivity contribution is 5.80. The Morgan fingerprint density at radius 2 is 1.59 bits per heavy atom. The first-order chi connectivity index (χ1) is 15.1. The molecule has 3 aromatic rings. The summed E-state index contributed by atoms with van der Waals surface area (Å²) in [5.74, 6) is -3.04. The Kier molecular flexibility index (Phi) is 5.62. The molecule has 1 amide bonds. The van der Waals surface area contributed by atoms with Crippen molar-refractivity contribution in [3.63, 3.8) is 0 Å². The minimum Gasteiger partial charge on any atom is -0.340 e. The number of halogens is 5. The van der Waals surface area contributed by atoms with Crippen molar-refractivity contribution in [3.8, 4) is 11.3 Å². The zero-order valence-electron chi connectivity index (χ0n) is 17.0. The molecule has 0 saturated heterocycles. The summed E-state index contributed by atoms with van der Waals surface area (Å²) in [4.78, 5) is 18.0. The van der Waals surface area contributed by atoms with Crippen LogP contribution in [0.2, 0.25) is 0 Å². The van der Waals surface area contributed by atoms with Crippen molar-refractivity contribution in [2.75, 3.05) is 11.9 Å². The standard InChI is InChI=1S/C22H19F5N4O/c1-13(22(25,26)27)21(32)30-10-11-31-18(12-30)29-19(14-2-4-15(23)5-3-14)20(31)28-17-8-6-16(24)7-9-17/h2-9,13,28H,10-12H2,1H3. The Morgan fingerprint density at radius 3 is 2.19 bits per heavy atom. The zero-order chi connectivity index (χ0) is 23.0. The van der Waals surface area contributed by atoms with Gasteiger partial charge in [-0.15, -0.1) is 0 Å². The lowest BCUT2D eigenvalue weighted by molar-refractivity contribution is -0.186. The molecule has 0 radical (unpaired) electrons. The fourth-order valence-corrected chi connectivity index (χ4v) is 3.54. The third-order valence-corrected chi connectivity index (χ3v) is 5.37. The van der Waals surface area contributed by atoms with Gasteiger partial charge in [0.15, 0.2) is 0 Å². The van der Waals surface area contributed by atoms with Crippen molar-refractivity contribution in [1.29, 1.82) is 0 Å². The van der Waals surface area contributed by atoms with Gasteiger partial charge in [-0.2, -0.15) is 13.2 Å². The normalized spacial score (nSPS) is 14.8. The summed E-state index contributed by atoms with van der Waals surface area (Å²) < 4.78 is 67.5. The molecule has 10 heteroatoms. The second-order valence-corrected chi connectivity index (χ2v) is 7.54. The number of rotatable bonds is 4. The van der Waals surface area contributed by atoms with E-state index in [9.17, 15) is 26.7 Å². The molecule has 2 heterocycles. The maximum Gasteiger partial charge on any atom is 0.400 e. The van der Waals surface area contributed by atoms with Crippen LogP contribution < -0.4 is 5.32 Å². The average Bonchev–Trinajstić information content (AvgIpc) is 3.11. The third kappa shape index (κ3) is 4.30. The molecule has 1 N–H and O–H groups in total. The van der Waals surface area contributed by atoms with E-state index in [1.807, 2.05) is 0 Å². The number of carbonyl (C=O) groups excluding carboxylic acids is 1. The average molecular weight is 450 g/mol. The fourth-order valence-electron chi connectivity index (χ4n) is 3.54. The lowest BCUT2D eigenvalue weighted by atomic mass is 10.1. The molecule has 0 fully saturated rings. The summed E-state index contributed by atoms with van der Waals surface area (Å²) in [6, 6.07) is 11.3. The lowest BCUT2D eigenvalue weighted by Crippen LogP contribution is -2.44. The monoisotopic (exact) mass is 450 g/mol. The van der Waals surface area contributed by atoms with Gasteiger partial charge < -0.3 is 14.8 Å². The van der Waals surface area contributed by atoms with Gasteiger partial charge in [-0.3, -0.25) is 4.79 Å². The maximum atomic E-state index is 13.4. The molecule has 0 saturated carbocycles. The Morgan fingerprint density at radius 1 is 1.00 bits per heavy atom. The third-order valence-electron chi connectivity index (χ3n) is 5.37. The predicted octanol–water partition coefficient (Wildman–Crippen LogP) is 5.11. The molecule has 168 valence electrons. The maximum absolute atomic E-state index is 13.4. The highest BCUT2D eigenvalue weighted by Gasteiger charge is 2.43. The fraction of sp³-hybridized carbons (Fsp3) is 0.273. The number of benzene rings is 2. The summed E-state index contributed by atoms with van der Waals surface area (Å²) in [6.07, 6.45) is -4.63. The molecule has 0 spiro atoms. The number of alkyl halides is 3. The van der Waals surface area contributed by atoms with Crippen molar-refractivity contribution in [1.82, 2.24) is 14.5 Å². The number of fused-ring (bicyclic) bond motifs is 1. The Hall–Kier alpha value is -3.43. The van der Waals surface area contributed by atoms with E-state index >= 15 is 0 Å². The summed E-state index contributed by atoms with van der Waals surface area (Å²) in [5, 5.41) is 3.17. The van der Waals surface area contributed by atoms with Gasteiger partial charge in [-0.25, -0.2) is 13.8 Å². The van der Waals surface area contributed by atoms with Crippen molar-refractivity contribution in [2.24, 2.45) is 5.92 Å². The molecular weight excluding hydrogens is 431 g/mol. The number of carbonyl (C=O) groups is 1. The molecule has 2 aromatic carbocycles. The SMILES string of the molecule is CC(C(=O)N1CCn2c(nc(-c3ccc(F)cc3)c2Nc2ccc(F)cc2)C1)C(F)(F)F. The Labute approximate surface area is 180 Å². The van der Waals surface area contributed by atoms with Crippen LogP contribution >= 0.6 is 0 Å². The van der Waals surface area contributed by atoms with Crippen LogP contribution in [0.3, 0.4) is 0 Å². The van der Waals surface area contributed by atoms with Crippen molar-refractivity contribution in [2.45, 2.75) is 26.2 Å². The molecule has 1 atom stereocenters.